The predicted octanol–water partition coefficient (Wildman–Crippen LogP) is 6.63. The van der Waals surface area contributed by atoms with Gasteiger partial charge in [-0.1, -0.05) is 18.7 Å². The van der Waals surface area contributed by atoms with E-state index in [0.29, 0.717) is 34.6 Å². The molecular weight excluding hydrogens is 627 g/mol. The lowest BCUT2D eigenvalue weighted by Crippen LogP contribution is -2.35. The molecule has 0 aromatic heterocycles. The van der Waals surface area contributed by atoms with E-state index in [4.69, 9.17) is 9.15 Å². The van der Waals surface area contributed by atoms with Crippen LogP contribution >= 0.6 is 0 Å². The first kappa shape index (κ1) is 35.3. The number of benzene rings is 3. The molecule has 0 spiro atoms. The Morgan fingerprint density at radius 2 is 1.67 bits per heavy atom. The number of hydrogen-bond acceptors (Lipinski definition) is 7. The van der Waals surface area contributed by atoms with Gasteiger partial charge in [0.1, 0.15) is 35.4 Å². The third kappa shape index (κ3) is 7.66. The highest BCUT2D eigenvalue weighted by Gasteiger charge is 2.27. The summed E-state index contributed by atoms with van der Waals surface area (Å²) in [6.07, 6.45) is 3.03. The lowest BCUT2D eigenvalue weighted by Gasteiger charge is -2.29. The molecule has 1 saturated carbocycles. The molecule has 0 bridgehead atoms. The zero-order valence-corrected chi connectivity index (χ0v) is 29.5. The summed E-state index contributed by atoms with van der Waals surface area (Å²) in [7, 11) is -4.60. The zero-order valence-electron chi connectivity index (χ0n) is 28.7. The van der Waals surface area contributed by atoms with E-state index in [1.165, 1.54) is 0 Å². The fourth-order valence-electron chi connectivity index (χ4n) is 6.72. The number of rotatable bonds is 12. The third-order valence-corrected chi connectivity index (χ3v) is 10.3. The van der Waals surface area contributed by atoms with E-state index < -0.39 is 10.1 Å². The average molecular weight is 675 g/mol. The molecule has 5 rings (SSSR count). The van der Waals surface area contributed by atoms with E-state index in [0.717, 1.165) is 79.4 Å². The fourth-order valence-corrected chi connectivity index (χ4v) is 7.47. The molecule has 0 radical (unpaired) electrons. The Labute approximate surface area is 284 Å². The van der Waals surface area contributed by atoms with Gasteiger partial charge in [0.05, 0.1) is 6.07 Å². The Kier molecular flexibility index (Phi) is 11.1. The summed E-state index contributed by atoms with van der Waals surface area (Å²) in [6.45, 7) is 17.5. The van der Waals surface area contributed by atoms with Crippen LogP contribution in [0, 0.1) is 0 Å². The van der Waals surface area contributed by atoms with Gasteiger partial charge < -0.3 is 19.4 Å². The smallest absolute Gasteiger partial charge is 0.333 e. The van der Waals surface area contributed by atoms with Crippen molar-refractivity contribution in [2.45, 2.75) is 83.9 Å². The molecule has 2 N–H and O–H groups in total. The normalized spacial score (nSPS) is 16.6. The Hall–Kier alpha value is -3.99. The van der Waals surface area contributed by atoms with Crippen LogP contribution in [0.4, 0.5) is 5.69 Å². The molecule has 1 aliphatic heterocycles. The standard InChI is InChI=1S/C38H47N3O6S/c1-7-40(8-2)28-14-19-31-34(22-28)47-35-23-29(41(9-3)10-4)15-20-32(35)37(31)33-18-11-26(21-36(33)48(43,44)45)24-39-27-12-16-30(17-13-27)46-38(42)25(5)6/h11,14-15,18-23,27,30,39H,5,7-10,12-13,16-17,24H2,1-4,6H3/p+1. The summed E-state index contributed by atoms with van der Waals surface area (Å²) in [5.41, 5.74) is 4.65. The van der Waals surface area contributed by atoms with Crippen molar-refractivity contribution in [3.8, 4) is 22.5 Å². The number of anilines is 1. The number of nitrogens with zero attached hydrogens (tertiary/aromatic N) is 2. The molecule has 2 aromatic carbocycles. The van der Waals surface area contributed by atoms with E-state index in [1.54, 1.807) is 19.1 Å². The van der Waals surface area contributed by atoms with E-state index >= 15 is 0 Å². The van der Waals surface area contributed by atoms with Crippen LogP contribution in [0.15, 0.2) is 76.1 Å². The summed E-state index contributed by atoms with van der Waals surface area (Å²) in [4.78, 5) is 14.0. The molecule has 9 nitrogen and oxygen atoms in total. The van der Waals surface area contributed by atoms with Crippen molar-refractivity contribution in [3.05, 3.63) is 77.7 Å². The van der Waals surface area contributed by atoms with Crippen molar-refractivity contribution >= 4 is 32.7 Å². The predicted molar refractivity (Wildman–Crippen MR) is 192 cm³/mol. The molecule has 2 aromatic rings. The molecule has 256 valence electrons. The van der Waals surface area contributed by atoms with Gasteiger partial charge >= 0.3 is 5.97 Å². The van der Waals surface area contributed by atoms with Crippen LogP contribution in [0.2, 0.25) is 0 Å². The monoisotopic (exact) mass is 674 g/mol. The number of fused-ring (bicyclic) bond motifs is 2. The van der Waals surface area contributed by atoms with E-state index in [9.17, 15) is 17.8 Å². The molecule has 0 amide bonds. The Morgan fingerprint density at radius 3 is 2.29 bits per heavy atom. The van der Waals surface area contributed by atoms with Gasteiger partial charge in [-0.25, -0.2) is 9.37 Å². The first-order valence-corrected chi connectivity index (χ1v) is 18.4. The van der Waals surface area contributed by atoms with Gasteiger partial charge in [0.25, 0.3) is 10.1 Å². The van der Waals surface area contributed by atoms with Gasteiger partial charge in [-0.05, 0) is 90.1 Å². The van der Waals surface area contributed by atoms with Crippen molar-refractivity contribution in [1.29, 1.82) is 0 Å². The molecule has 0 saturated heterocycles. The van der Waals surface area contributed by atoms with Crippen LogP contribution in [0.25, 0.3) is 33.4 Å². The fraction of sp³-hybridized carbons (Fsp3) is 0.421. The lowest BCUT2D eigenvalue weighted by molar-refractivity contribution is -0.145. The minimum atomic E-state index is -4.60. The molecule has 0 unspecified atom stereocenters. The lowest BCUT2D eigenvalue weighted by atomic mass is 9.92. The van der Waals surface area contributed by atoms with Gasteiger partial charge in [0.2, 0.25) is 5.36 Å². The quantitative estimate of drug-likeness (QED) is 0.0567. The second-order valence-electron chi connectivity index (χ2n) is 12.5. The first-order valence-electron chi connectivity index (χ1n) is 17.0. The third-order valence-electron chi connectivity index (χ3n) is 9.43. The Bertz CT molecular complexity index is 1950. The van der Waals surface area contributed by atoms with Crippen molar-refractivity contribution < 1.29 is 26.9 Å². The average Bonchev–Trinajstić information content (AvgIpc) is 3.07. The highest BCUT2D eigenvalue weighted by Crippen LogP contribution is 2.43. The van der Waals surface area contributed by atoms with Gasteiger partial charge in [-0.15, -0.1) is 0 Å². The summed E-state index contributed by atoms with van der Waals surface area (Å²) >= 11 is 0. The topological polar surface area (TPSA) is 112 Å². The highest BCUT2D eigenvalue weighted by molar-refractivity contribution is 7.86. The number of hydrogen-bond donors (Lipinski definition) is 2. The summed E-state index contributed by atoms with van der Waals surface area (Å²) in [6, 6.07) is 17.5. The largest absolute Gasteiger partial charge is 0.459 e. The van der Waals surface area contributed by atoms with Crippen molar-refractivity contribution in [2.75, 3.05) is 31.1 Å². The molecule has 1 heterocycles. The molecule has 48 heavy (non-hydrogen) atoms. The van der Waals surface area contributed by atoms with Crippen LogP contribution in [-0.2, 0) is 26.2 Å². The Balaban J connectivity index is 1.55. The molecule has 10 heteroatoms. The first-order chi connectivity index (χ1) is 23.0. The van der Waals surface area contributed by atoms with Crippen molar-refractivity contribution in [2.24, 2.45) is 0 Å². The van der Waals surface area contributed by atoms with Crippen molar-refractivity contribution in [3.63, 3.8) is 0 Å². The minimum absolute atomic E-state index is 0.119. The van der Waals surface area contributed by atoms with Gasteiger partial charge in [-0.3, -0.25) is 4.55 Å². The number of ether oxygens (including phenoxy) is 1. The Morgan fingerprint density at radius 1 is 0.979 bits per heavy atom. The van der Waals surface area contributed by atoms with Gasteiger partial charge in [0.15, 0.2) is 0 Å². The van der Waals surface area contributed by atoms with Crippen LogP contribution < -0.4 is 20.1 Å². The van der Waals surface area contributed by atoms with Crippen LogP contribution in [0.3, 0.4) is 0 Å². The maximum Gasteiger partial charge on any atom is 0.333 e. The van der Waals surface area contributed by atoms with Crippen LogP contribution in [0.1, 0.15) is 65.9 Å². The molecular formula is C38H48N3O6S+. The van der Waals surface area contributed by atoms with E-state index in [1.807, 2.05) is 42.5 Å². The van der Waals surface area contributed by atoms with E-state index in [2.05, 4.69) is 49.1 Å². The SMILES string of the molecule is C=C(C)C(=O)OC1CCC(NCc2ccc(-c3c4ccc(=[N+](CC)CC)cc-4oc4cc(N(CC)CC)ccc34)c(S(=O)(=O)O)c2)CC1. The van der Waals surface area contributed by atoms with Crippen LogP contribution in [-0.4, -0.2) is 57.3 Å². The number of carbonyl (C=O) groups is 1. The molecule has 0 atom stereocenters. The number of carbonyl (C=O) groups excluding carboxylic acids is 1. The van der Waals surface area contributed by atoms with Gasteiger partial charge in [0, 0.05) is 71.1 Å². The van der Waals surface area contributed by atoms with Gasteiger partial charge in [-0.2, -0.15) is 8.42 Å². The van der Waals surface area contributed by atoms with E-state index in [-0.39, 0.29) is 23.0 Å². The zero-order chi connectivity index (χ0) is 34.6. The molecule has 3 aliphatic rings. The van der Waals surface area contributed by atoms with Crippen molar-refractivity contribution in [1.82, 2.24) is 9.89 Å². The second-order valence-corrected chi connectivity index (χ2v) is 13.9. The second kappa shape index (κ2) is 15.1. The summed E-state index contributed by atoms with van der Waals surface area (Å²) in [5, 5.41) is 5.30. The molecule has 2 aliphatic carbocycles. The highest BCUT2D eigenvalue weighted by atomic mass is 32.2. The maximum absolute atomic E-state index is 13.0. The number of esters is 1. The molecule has 1 fully saturated rings. The summed E-state index contributed by atoms with van der Waals surface area (Å²) < 4.78 is 50.9. The van der Waals surface area contributed by atoms with Crippen LogP contribution in [0.5, 0.6) is 0 Å². The summed E-state index contributed by atoms with van der Waals surface area (Å²) in [5.74, 6) is 0.278. The maximum atomic E-state index is 13.0. The number of nitrogens with one attached hydrogen (secondary N) is 1. The minimum Gasteiger partial charge on any atom is -0.459 e.